The van der Waals surface area contributed by atoms with Crippen LogP contribution in [-0.4, -0.2) is 42.5 Å². The fraction of sp³-hybridized carbons (Fsp3) is 0.600. The summed E-state index contributed by atoms with van der Waals surface area (Å²) < 4.78 is 0. The Kier molecular flexibility index (Phi) is 5.95. The van der Waals surface area contributed by atoms with Crippen LogP contribution in [0.5, 0.6) is 0 Å². The molecule has 1 amide bonds. The van der Waals surface area contributed by atoms with Crippen LogP contribution < -0.4 is 11.1 Å². The molecule has 1 atom stereocenters. The smallest absolute Gasteiger partial charge is 0.255 e. The molecule has 0 aromatic carbocycles. The van der Waals surface area contributed by atoms with Crippen molar-refractivity contribution in [2.45, 2.75) is 33.2 Å². The molecule has 1 aromatic rings. The van der Waals surface area contributed by atoms with Crippen LogP contribution in [0, 0.1) is 12.8 Å². The molecule has 3 N–H and O–H groups in total. The van der Waals surface area contributed by atoms with E-state index in [1.54, 1.807) is 12.3 Å². The molecule has 0 spiro atoms. The second-order valence-corrected chi connectivity index (χ2v) is 5.98. The second-order valence-electron chi connectivity index (χ2n) is 5.98. The monoisotopic (exact) mass is 278 g/mol. The Bertz CT molecular complexity index is 447. The second kappa shape index (κ2) is 7.24. The summed E-state index contributed by atoms with van der Waals surface area (Å²) in [7, 11) is 4.00. The van der Waals surface area contributed by atoms with Gasteiger partial charge < -0.3 is 16.0 Å². The molecule has 1 rings (SSSR count). The number of amides is 1. The first-order valence-electron chi connectivity index (χ1n) is 6.97. The van der Waals surface area contributed by atoms with Crippen molar-refractivity contribution in [3.05, 3.63) is 23.5 Å². The number of nitrogens with two attached hydrogens (primary N) is 1. The van der Waals surface area contributed by atoms with Gasteiger partial charge in [-0.1, -0.05) is 13.8 Å². The van der Waals surface area contributed by atoms with Crippen LogP contribution in [0.3, 0.4) is 0 Å². The number of nitrogens with zero attached hydrogens (tertiary/aromatic N) is 2. The zero-order chi connectivity index (χ0) is 15.3. The average Bonchev–Trinajstić information content (AvgIpc) is 2.26. The van der Waals surface area contributed by atoms with Crippen LogP contribution in [-0.2, 0) is 0 Å². The number of hydrogen-bond acceptors (Lipinski definition) is 4. The number of carbonyl (C=O) groups is 1. The molecule has 0 saturated heterocycles. The molecule has 0 aliphatic rings. The van der Waals surface area contributed by atoms with E-state index >= 15 is 0 Å². The molecule has 0 radical (unpaired) electrons. The highest BCUT2D eigenvalue weighted by atomic mass is 16.1. The predicted octanol–water partition coefficient (Wildman–Crippen LogP) is 1.68. The number of anilines is 1. The van der Waals surface area contributed by atoms with Crippen molar-refractivity contribution < 1.29 is 4.79 Å². The zero-order valence-electron chi connectivity index (χ0n) is 13.1. The standard InChI is InChI=1S/C15H26N4O/c1-10(2)6-12(9-19(4)5)18-15(20)13-8-17-11(3)7-14(13)16/h7-8,10,12H,6,9H2,1-5H3,(H2,16,17)(H,18,20). The summed E-state index contributed by atoms with van der Waals surface area (Å²) >= 11 is 0. The lowest BCUT2D eigenvalue weighted by atomic mass is 10.0. The SMILES string of the molecule is Cc1cc(N)c(C(=O)NC(CC(C)C)CN(C)C)cn1. The van der Waals surface area contributed by atoms with E-state index in [-0.39, 0.29) is 11.9 Å². The summed E-state index contributed by atoms with van der Waals surface area (Å²) in [5.74, 6) is 0.372. The molecule has 112 valence electrons. The fourth-order valence-electron chi connectivity index (χ4n) is 2.22. The number of aryl methyl sites for hydroxylation is 1. The Morgan fingerprint density at radius 1 is 1.45 bits per heavy atom. The van der Waals surface area contributed by atoms with Crippen LogP contribution in [0.4, 0.5) is 5.69 Å². The highest BCUT2D eigenvalue weighted by Crippen LogP contribution is 2.13. The van der Waals surface area contributed by atoms with Crippen molar-refractivity contribution in [2.75, 3.05) is 26.4 Å². The Hall–Kier alpha value is -1.62. The molecule has 5 heteroatoms. The van der Waals surface area contributed by atoms with E-state index in [0.717, 1.165) is 18.7 Å². The molecule has 1 unspecified atom stereocenters. The van der Waals surface area contributed by atoms with E-state index in [4.69, 9.17) is 5.73 Å². The minimum absolute atomic E-state index is 0.109. The summed E-state index contributed by atoms with van der Waals surface area (Å²) in [6.07, 6.45) is 2.48. The minimum Gasteiger partial charge on any atom is -0.398 e. The van der Waals surface area contributed by atoms with Crippen LogP contribution in [0.2, 0.25) is 0 Å². The molecule has 1 aromatic heterocycles. The predicted molar refractivity (Wildman–Crippen MR) is 82.6 cm³/mol. The van der Waals surface area contributed by atoms with Crippen LogP contribution in [0.1, 0.15) is 36.3 Å². The molecular formula is C15H26N4O. The Labute approximate surface area is 121 Å². The lowest BCUT2D eigenvalue weighted by Crippen LogP contribution is -2.42. The van der Waals surface area contributed by atoms with Gasteiger partial charge in [-0.05, 0) is 39.4 Å². The highest BCUT2D eigenvalue weighted by molar-refractivity contribution is 5.99. The molecule has 0 aliphatic heterocycles. The Morgan fingerprint density at radius 3 is 2.60 bits per heavy atom. The van der Waals surface area contributed by atoms with E-state index in [1.165, 1.54) is 0 Å². The quantitative estimate of drug-likeness (QED) is 0.830. The highest BCUT2D eigenvalue weighted by Gasteiger charge is 2.17. The molecule has 0 saturated carbocycles. The third-order valence-electron chi connectivity index (χ3n) is 2.99. The van der Waals surface area contributed by atoms with Gasteiger partial charge in [-0.25, -0.2) is 0 Å². The summed E-state index contributed by atoms with van der Waals surface area (Å²) in [5, 5.41) is 3.06. The fourth-order valence-corrected chi connectivity index (χ4v) is 2.22. The van der Waals surface area contributed by atoms with Gasteiger partial charge in [0, 0.05) is 30.2 Å². The Morgan fingerprint density at radius 2 is 2.10 bits per heavy atom. The van der Waals surface area contributed by atoms with Crippen LogP contribution >= 0.6 is 0 Å². The molecule has 0 fully saturated rings. The third-order valence-corrected chi connectivity index (χ3v) is 2.99. The van der Waals surface area contributed by atoms with E-state index in [0.29, 0.717) is 17.2 Å². The first-order valence-corrected chi connectivity index (χ1v) is 6.97. The lowest BCUT2D eigenvalue weighted by Gasteiger charge is -2.24. The van der Waals surface area contributed by atoms with Crippen molar-refractivity contribution in [2.24, 2.45) is 5.92 Å². The number of nitrogens with one attached hydrogen (secondary N) is 1. The molecule has 1 heterocycles. The zero-order valence-corrected chi connectivity index (χ0v) is 13.1. The van der Waals surface area contributed by atoms with E-state index in [2.05, 4.69) is 29.0 Å². The minimum atomic E-state index is -0.150. The van der Waals surface area contributed by atoms with E-state index in [1.807, 2.05) is 21.0 Å². The van der Waals surface area contributed by atoms with Gasteiger partial charge in [-0.3, -0.25) is 9.78 Å². The molecular weight excluding hydrogens is 252 g/mol. The molecule has 5 nitrogen and oxygen atoms in total. The summed E-state index contributed by atoms with van der Waals surface area (Å²) in [4.78, 5) is 18.5. The number of pyridine rings is 1. The summed E-state index contributed by atoms with van der Waals surface area (Å²) in [6.45, 7) is 6.96. The third kappa shape index (κ3) is 5.17. The van der Waals surface area contributed by atoms with Gasteiger partial charge in [-0.15, -0.1) is 0 Å². The number of aromatic nitrogens is 1. The molecule has 20 heavy (non-hydrogen) atoms. The van der Waals surface area contributed by atoms with Gasteiger partial charge in [0.2, 0.25) is 0 Å². The maximum Gasteiger partial charge on any atom is 0.255 e. The first kappa shape index (κ1) is 16.4. The average molecular weight is 278 g/mol. The topological polar surface area (TPSA) is 71.2 Å². The number of hydrogen-bond donors (Lipinski definition) is 2. The summed E-state index contributed by atoms with van der Waals surface area (Å²) in [5.41, 5.74) is 7.62. The van der Waals surface area contributed by atoms with Crippen molar-refractivity contribution in [1.82, 2.24) is 15.2 Å². The van der Waals surface area contributed by atoms with Crippen molar-refractivity contribution in [3.63, 3.8) is 0 Å². The van der Waals surface area contributed by atoms with Gasteiger partial charge in [0.15, 0.2) is 0 Å². The summed E-state index contributed by atoms with van der Waals surface area (Å²) in [6, 6.07) is 1.83. The largest absolute Gasteiger partial charge is 0.398 e. The van der Waals surface area contributed by atoms with Gasteiger partial charge in [0.05, 0.1) is 5.56 Å². The number of rotatable bonds is 6. The number of carbonyl (C=O) groups excluding carboxylic acids is 1. The van der Waals surface area contributed by atoms with E-state index in [9.17, 15) is 4.79 Å². The van der Waals surface area contributed by atoms with E-state index < -0.39 is 0 Å². The van der Waals surface area contributed by atoms with Gasteiger partial charge in [0.25, 0.3) is 5.91 Å². The number of nitrogen functional groups attached to an aromatic ring is 1. The maximum atomic E-state index is 12.3. The first-order chi connectivity index (χ1) is 9.29. The van der Waals surface area contributed by atoms with Gasteiger partial charge >= 0.3 is 0 Å². The van der Waals surface area contributed by atoms with Crippen LogP contribution in [0.25, 0.3) is 0 Å². The molecule has 0 aliphatic carbocycles. The number of likely N-dealkylation sites (N-methyl/N-ethyl adjacent to an activating group) is 1. The van der Waals surface area contributed by atoms with Gasteiger partial charge in [-0.2, -0.15) is 0 Å². The molecule has 0 bridgehead atoms. The normalized spacial score (nSPS) is 12.8. The van der Waals surface area contributed by atoms with Crippen molar-refractivity contribution >= 4 is 11.6 Å². The maximum absolute atomic E-state index is 12.3. The van der Waals surface area contributed by atoms with Gasteiger partial charge in [0.1, 0.15) is 0 Å². The van der Waals surface area contributed by atoms with Crippen molar-refractivity contribution in [3.8, 4) is 0 Å². The lowest BCUT2D eigenvalue weighted by molar-refractivity contribution is 0.0925. The van der Waals surface area contributed by atoms with Crippen molar-refractivity contribution in [1.29, 1.82) is 0 Å². The van der Waals surface area contributed by atoms with Crippen LogP contribution in [0.15, 0.2) is 12.3 Å². The Balaban J connectivity index is 2.78.